The lowest BCUT2D eigenvalue weighted by Crippen LogP contribution is -2.02. The van der Waals surface area contributed by atoms with Crippen molar-refractivity contribution in [3.63, 3.8) is 0 Å². The largest absolute Gasteiger partial charge is 0.508 e. The highest BCUT2D eigenvalue weighted by atomic mass is 16.5. The fraction of sp³-hybridized carbons (Fsp3) is 0.294. The highest BCUT2D eigenvalue weighted by molar-refractivity contribution is 5.43. The lowest BCUT2D eigenvalue weighted by molar-refractivity contribution is 0.317. The Morgan fingerprint density at radius 1 is 1.25 bits per heavy atom. The van der Waals surface area contributed by atoms with Gasteiger partial charge in [0.05, 0.1) is 13.2 Å². The molecule has 20 heavy (non-hydrogen) atoms. The van der Waals surface area contributed by atoms with Crippen LogP contribution in [0.4, 0.5) is 0 Å². The molecule has 2 aromatic rings. The molecule has 0 amide bonds. The first-order chi connectivity index (χ1) is 9.74. The number of benzene rings is 2. The molecule has 1 heterocycles. The number of rotatable bonds is 4. The molecule has 0 saturated carbocycles. The summed E-state index contributed by atoms with van der Waals surface area (Å²) >= 11 is 0. The zero-order valence-corrected chi connectivity index (χ0v) is 11.6. The van der Waals surface area contributed by atoms with Crippen molar-refractivity contribution in [2.24, 2.45) is 0 Å². The standard InChI is InChI=1S/C17H18O3/c1-12-15(18)3-2-4-16(12)19-9-7-13-5-6-17-14(11-13)8-10-20-17/h2-6,11,18H,7-10H2,1H3. The van der Waals surface area contributed by atoms with Crippen molar-refractivity contribution >= 4 is 0 Å². The van der Waals surface area contributed by atoms with E-state index < -0.39 is 0 Å². The second-order valence-electron chi connectivity index (χ2n) is 5.04. The molecular weight excluding hydrogens is 252 g/mol. The zero-order valence-electron chi connectivity index (χ0n) is 11.6. The van der Waals surface area contributed by atoms with Gasteiger partial charge in [0.2, 0.25) is 0 Å². The zero-order chi connectivity index (χ0) is 13.9. The second kappa shape index (κ2) is 5.45. The Hall–Kier alpha value is -2.16. The smallest absolute Gasteiger partial charge is 0.125 e. The van der Waals surface area contributed by atoms with Crippen molar-refractivity contribution in [2.45, 2.75) is 19.8 Å². The van der Waals surface area contributed by atoms with E-state index in [2.05, 4.69) is 12.1 Å². The molecule has 1 N–H and O–H groups in total. The maximum absolute atomic E-state index is 9.63. The van der Waals surface area contributed by atoms with Crippen LogP contribution in [0, 0.1) is 6.92 Å². The van der Waals surface area contributed by atoms with E-state index in [0.717, 1.165) is 36.5 Å². The summed E-state index contributed by atoms with van der Waals surface area (Å²) in [7, 11) is 0. The topological polar surface area (TPSA) is 38.7 Å². The van der Waals surface area contributed by atoms with Crippen LogP contribution in [0.1, 0.15) is 16.7 Å². The van der Waals surface area contributed by atoms with Gasteiger partial charge in [-0.05, 0) is 36.2 Å². The average molecular weight is 270 g/mol. The Morgan fingerprint density at radius 3 is 3.05 bits per heavy atom. The van der Waals surface area contributed by atoms with Gasteiger partial charge in [0.1, 0.15) is 17.2 Å². The molecule has 0 bridgehead atoms. The van der Waals surface area contributed by atoms with E-state index in [4.69, 9.17) is 9.47 Å². The third-order valence-electron chi connectivity index (χ3n) is 3.66. The average Bonchev–Trinajstić information content (AvgIpc) is 2.91. The molecule has 0 unspecified atom stereocenters. The van der Waals surface area contributed by atoms with Crippen LogP contribution in [0.25, 0.3) is 0 Å². The Morgan fingerprint density at radius 2 is 2.15 bits per heavy atom. The minimum Gasteiger partial charge on any atom is -0.508 e. The molecule has 0 saturated heterocycles. The molecule has 104 valence electrons. The highest BCUT2D eigenvalue weighted by Gasteiger charge is 2.12. The first kappa shape index (κ1) is 12.9. The number of phenolic OH excluding ortho intramolecular Hbond substituents is 1. The number of aromatic hydroxyl groups is 1. The van der Waals surface area contributed by atoms with E-state index in [1.165, 1.54) is 11.1 Å². The van der Waals surface area contributed by atoms with Crippen LogP contribution < -0.4 is 9.47 Å². The second-order valence-corrected chi connectivity index (χ2v) is 5.04. The van der Waals surface area contributed by atoms with Crippen LogP contribution in [0.5, 0.6) is 17.2 Å². The summed E-state index contributed by atoms with van der Waals surface area (Å²) in [6.45, 7) is 3.25. The maximum Gasteiger partial charge on any atom is 0.125 e. The SMILES string of the molecule is Cc1c(O)cccc1OCCc1ccc2c(c1)CCO2. The van der Waals surface area contributed by atoms with Gasteiger partial charge in [0.25, 0.3) is 0 Å². The Labute approximate surface area is 118 Å². The van der Waals surface area contributed by atoms with Gasteiger partial charge in [-0.1, -0.05) is 18.2 Å². The molecule has 0 aliphatic carbocycles. The quantitative estimate of drug-likeness (QED) is 0.926. The molecule has 0 radical (unpaired) electrons. The predicted octanol–water partition coefficient (Wildman–Crippen LogP) is 3.26. The Balaban J connectivity index is 1.61. The molecule has 0 atom stereocenters. The van der Waals surface area contributed by atoms with E-state index in [1.54, 1.807) is 12.1 Å². The normalized spacial score (nSPS) is 12.8. The molecule has 3 nitrogen and oxygen atoms in total. The fourth-order valence-electron chi connectivity index (χ4n) is 2.43. The monoisotopic (exact) mass is 270 g/mol. The molecule has 2 aromatic carbocycles. The van der Waals surface area contributed by atoms with Gasteiger partial charge < -0.3 is 14.6 Å². The van der Waals surface area contributed by atoms with Crippen LogP contribution in [0.15, 0.2) is 36.4 Å². The molecule has 3 heteroatoms. The van der Waals surface area contributed by atoms with E-state index in [-0.39, 0.29) is 5.75 Å². The molecular formula is C17H18O3. The third-order valence-corrected chi connectivity index (χ3v) is 3.66. The van der Waals surface area contributed by atoms with Crippen LogP contribution >= 0.6 is 0 Å². The first-order valence-electron chi connectivity index (χ1n) is 6.90. The van der Waals surface area contributed by atoms with Crippen molar-refractivity contribution in [2.75, 3.05) is 13.2 Å². The molecule has 1 aliphatic rings. The minimum atomic E-state index is 0.275. The molecule has 0 spiro atoms. The van der Waals surface area contributed by atoms with E-state index >= 15 is 0 Å². The lowest BCUT2D eigenvalue weighted by atomic mass is 10.1. The van der Waals surface area contributed by atoms with Gasteiger partial charge in [0.15, 0.2) is 0 Å². The first-order valence-corrected chi connectivity index (χ1v) is 6.90. The highest BCUT2D eigenvalue weighted by Crippen LogP contribution is 2.27. The predicted molar refractivity (Wildman–Crippen MR) is 77.7 cm³/mol. The summed E-state index contributed by atoms with van der Waals surface area (Å²) in [5.41, 5.74) is 3.33. The maximum atomic E-state index is 9.63. The number of ether oxygens (including phenoxy) is 2. The summed E-state index contributed by atoms with van der Waals surface area (Å²) < 4.78 is 11.2. The van der Waals surface area contributed by atoms with Gasteiger partial charge in [-0.15, -0.1) is 0 Å². The van der Waals surface area contributed by atoms with Crippen LogP contribution in [-0.2, 0) is 12.8 Å². The summed E-state index contributed by atoms with van der Waals surface area (Å²) in [6.07, 6.45) is 1.85. The van der Waals surface area contributed by atoms with Crippen molar-refractivity contribution < 1.29 is 14.6 Å². The Bertz CT molecular complexity index is 620. The van der Waals surface area contributed by atoms with E-state index in [9.17, 15) is 5.11 Å². The fourth-order valence-corrected chi connectivity index (χ4v) is 2.43. The number of phenols is 1. The number of hydrogen-bond donors (Lipinski definition) is 1. The van der Waals surface area contributed by atoms with Gasteiger partial charge in [-0.2, -0.15) is 0 Å². The third kappa shape index (κ3) is 2.57. The molecule has 0 fully saturated rings. The summed E-state index contributed by atoms with van der Waals surface area (Å²) in [4.78, 5) is 0. The molecule has 0 aromatic heterocycles. The Kier molecular flexibility index (Phi) is 3.50. The summed E-state index contributed by atoms with van der Waals surface area (Å²) in [5.74, 6) is 2.03. The number of fused-ring (bicyclic) bond motifs is 1. The van der Waals surface area contributed by atoms with Gasteiger partial charge >= 0.3 is 0 Å². The summed E-state index contributed by atoms with van der Waals surface area (Å²) in [6, 6.07) is 11.7. The van der Waals surface area contributed by atoms with Crippen LogP contribution in [-0.4, -0.2) is 18.3 Å². The minimum absolute atomic E-state index is 0.275. The number of hydrogen-bond acceptors (Lipinski definition) is 3. The molecule has 3 rings (SSSR count). The van der Waals surface area contributed by atoms with Gasteiger partial charge in [0, 0.05) is 18.4 Å². The van der Waals surface area contributed by atoms with Crippen LogP contribution in [0.2, 0.25) is 0 Å². The lowest BCUT2D eigenvalue weighted by Gasteiger charge is -2.10. The van der Waals surface area contributed by atoms with Crippen molar-refractivity contribution in [3.05, 3.63) is 53.1 Å². The van der Waals surface area contributed by atoms with Gasteiger partial charge in [-0.3, -0.25) is 0 Å². The summed E-state index contributed by atoms with van der Waals surface area (Å²) in [5, 5.41) is 9.63. The van der Waals surface area contributed by atoms with Crippen molar-refractivity contribution in [1.29, 1.82) is 0 Å². The van der Waals surface area contributed by atoms with Crippen molar-refractivity contribution in [3.8, 4) is 17.2 Å². The van der Waals surface area contributed by atoms with E-state index in [1.807, 2.05) is 19.1 Å². The van der Waals surface area contributed by atoms with E-state index in [0.29, 0.717) is 6.61 Å². The van der Waals surface area contributed by atoms with Gasteiger partial charge in [-0.25, -0.2) is 0 Å². The molecule has 1 aliphatic heterocycles. The van der Waals surface area contributed by atoms with Crippen molar-refractivity contribution in [1.82, 2.24) is 0 Å². The van der Waals surface area contributed by atoms with Crippen LogP contribution in [0.3, 0.4) is 0 Å².